The Hall–Kier alpha value is -3.11. The third-order valence-corrected chi connectivity index (χ3v) is 5.61. The molecule has 1 saturated heterocycles. The first-order valence-corrected chi connectivity index (χ1v) is 10.3. The number of aliphatic hydroxyl groups is 1. The van der Waals surface area contributed by atoms with E-state index in [9.17, 15) is 9.50 Å². The van der Waals surface area contributed by atoms with Gasteiger partial charge in [-0.1, -0.05) is 13.0 Å². The summed E-state index contributed by atoms with van der Waals surface area (Å²) in [7, 11) is 0. The lowest BCUT2D eigenvalue weighted by molar-refractivity contribution is 0.0934. The number of aromatic nitrogens is 4. The molecule has 31 heavy (non-hydrogen) atoms. The number of benzene rings is 1. The number of anilines is 2. The van der Waals surface area contributed by atoms with Gasteiger partial charge in [0.05, 0.1) is 49.9 Å². The predicted molar refractivity (Wildman–Crippen MR) is 110 cm³/mol. The van der Waals surface area contributed by atoms with Gasteiger partial charge < -0.3 is 24.1 Å². The number of morpholine rings is 1. The highest BCUT2D eigenvalue weighted by Gasteiger charge is 2.35. The molecule has 0 spiro atoms. The molecule has 2 aromatic heterocycles. The van der Waals surface area contributed by atoms with E-state index in [1.54, 1.807) is 18.3 Å². The molecule has 0 aliphatic carbocycles. The quantitative estimate of drug-likeness (QED) is 0.656. The van der Waals surface area contributed by atoms with Crippen LogP contribution in [0.4, 0.5) is 15.9 Å². The van der Waals surface area contributed by atoms with Gasteiger partial charge in [-0.2, -0.15) is 0 Å². The fourth-order valence-electron chi connectivity index (χ4n) is 4.02. The Morgan fingerprint density at radius 3 is 2.94 bits per heavy atom. The Bertz CT molecular complexity index is 1090. The van der Waals surface area contributed by atoms with Gasteiger partial charge in [0, 0.05) is 19.5 Å². The summed E-state index contributed by atoms with van der Waals surface area (Å²) < 4.78 is 25.9. The molecule has 0 saturated carbocycles. The second-order valence-electron chi connectivity index (χ2n) is 7.62. The monoisotopic (exact) mass is 426 g/mol. The van der Waals surface area contributed by atoms with Crippen LogP contribution in [0.1, 0.15) is 24.3 Å². The number of fused-ring (bicyclic) bond motifs is 3. The van der Waals surface area contributed by atoms with Gasteiger partial charge in [-0.05, 0) is 17.7 Å². The molecule has 9 nitrogen and oxygen atoms in total. The first kappa shape index (κ1) is 19.8. The lowest BCUT2D eigenvalue weighted by Crippen LogP contribution is -2.55. The topological polar surface area (TPSA) is 101 Å². The smallest absolute Gasteiger partial charge is 0.235 e. The van der Waals surface area contributed by atoms with Crippen molar-refractivity contribution >= 4 is 11.5 Å². The summed E-state index contributed by atoms with van der Waals surface area (Å²) in [5, 5.41) is 17.6. The summed E-state index contributed by atoms with van der Waals surface area (Å²) >= 11 is 0. The average molecular weight is 426 g/mol. The highest BCUT2D eigenvalue weighted by Crippen LogP contribution is 2.37. The van der Waals surface area contributed by atoms with Crippen LogP contribution in [0.3, 0.4) is 0 Å². The van der Waals surface area contributed by atoms with Crippen LogP contribution in [0.2, 0.25) is 0 Å². The maximum absolute atomic E-state index is 14.5. The normalized spacial score (nSPS) is 18.1. The fraction of sp³-hybridized carbons (Fsp3) is 0.429. The van der Waals surface area contributed by atoms with Crippen molar-refractivity contribution in [1.29, 1.82) is 0 Å². The van der Waals surface area contributed by atoms with Gasteiger partial charge in [-0.15, -0.1) is 10.2 Å². The highest BCUT2D eigenvalue weighted by molar-refractivity contribution is 5.72. The van der Waals surface area contributed by atoms with E-state index in [0.717, 1.165) is 11.5 Å². The summed E-state index contributed by atoms with van der Waals surface area (Å²) in [4.78, 5) is 13.5. The number of nitrogens with zero attached hydrogens (tertiary/aromatic N) is 6. The van der Waals surface area contributed by atoms with Gasteiger partial charge in [-0.3, -0.25) is 0 Å². The van der Waals surface area contributed by atoms with E-state index in [2.05, 4.69) is 25.0 Å². The van der Waals surface area contributed by atoms with E-state index in [4.69, 9.17) is 14.1 Å². The largest absolute Gasteiger partial charge is 0.423 e. The predicted octanol–water partition coefficient (Wildman–Crippen LogP) is 1.95. The maximum Gasteiger partial charge on any atom is 0.235 e. The van der Waals surface area contributed by atoms with Crippen LogP contribution < -0.4 is 9.80 Å². The lowest BCUT2D eigenvalue weighted by atomic mass is 10.1. The van der Waals surface area contributed by atoms with Crippen molar-refractivity contribution < 1.29 is 18.7 Å². The van der Waals surface area contributed by atoms with Crippen LogP contribution in [0.25, 0.3) is 11.4 Å². The molecule has 1 atom stereocenters. The number of rotatable bonds is 5. The van der Waals surface area contributed by atoms with Gasteiger partial charge in [0.15, 0.2) is 11.6 Å². The zero-order chi connectivity index (χ0) is 21.4. The Morgan fingerprint density at radius 2 is 2.13 bits per heavy atom. The van der Waals surface area contributed by atoms with Gasteiger partial charge in [-0.25, -0.2) is 14.4 Å². The van der Waals surface area contributed by atoms with E-state index in [-0.39, 0.29) is 24.0 Å². The van der Waals surface area contributed by atoms with E-state index < -0.39 is 5.82 Å². The summed E-state index contributed by atoms with van der Waals surface area (Å²) in [5.41, 5.74) is 1.70. The number of ether oxygens (including phenoxy) is 1. The zero-order valence-electron chi connectivity index (χ0n) is 17.2. The van der Waals surface area contributed by atoms with Crippen LogP contribution in [-0.4, -0.2) is 57.6 Å². The Balaban J connectivity index is 1.54. The van der Waals surface area contributed by atoms with Crippen LogP contribution in [0.5, 0.6) is 0 Å². The molecule has 4 heterocycles. The van der Waals surface area contributed by atoms with E-state index in [0.29, 0.717) is 56.6 Å². The van der Waals surface area contributed by atoms with Crippen LogP contribution in [0.15, 0.2) is 28.8 Å². The lowest BCUT2D eigenvalue weighted by Gasteiger charge is -2.45. The second-order valence-corrected chi connectivity index (χ2v) is 7.62. The first-order valence-electron chi connectivity index (χ1n) is 10.3. The maximum atomic E-state index is 14.5. The van der Waals surface area contributed by atoms with Crippen molar-refractivity contribution in [3.05, 3.63) is 47.6 Å². The van der Waals surface area contributed by atoms with Gasteiger partial charge in [0.25, 0.3) is 0 Å². The molecule has 1 aromatic carbocycles. The van der Waals surface area contributed by atoms with E-state index in [1.807, 2.05) is 6.92 Å². The summed E-state index contributed by atoms with van der Waals surface area (Å²) in [6.45, 7) is 4.80. The summed E-state index contributed by atoms with van der Waals surface area (Å²) in [5.74, 6) is 1.71. The van der Waals surface area contributed by atoms with E-state index >= 15 is 0 Å². The van der Waals surface area contributed by atoms with Crippen molar-refractivity contribution in [2.24, 2.45) is 0 Å². The summed E-state index contributed by atoms with van der Waals surface area (Å²) in [6.07, 6.45) is 2.39. The Kier molecular flexibility index (Phi) is 5.24. The molecule has 1 N–H and O–H groups in total. The number of hydrogen-bond donors (Lipinski definition) is 1. The SMILES string of the molecule is CCc1nnc(CN2C[C@@H]3COCCN3c3nc(-c4cc(CO)ccc4F)ncc32)o1. The molecule has 2 aliphatic heterocycles. The molecule has 0 radical (unpaired) electrons. The minimum Gasteiger partial charge on any atom is -0.423 e. The Morgan fingerprint density at radius 1 is 1.26 bits per heavy atom. The first-order chi connectivity index (χ1) is 15.2. The molecule has 162 valence electrons. The minimum absolute atomic E-state index is 0.103. The summed E-state index contributed by atoms with van der Waals surface area (Å²) in [6, 6.07) is 4.56. The molecule has 0 amide bonds. The number of aliphatic hydroxyl groups excluding tert-OH is 1. The highest BCUT2D eigenvalue weighted by atomic mass is 19.1. The van der Waals surface area contributed by atoms with Crippen LogP contribution in [-0.2, 0) is 24.3 Å². The molecule has 0 unspecified atom stereocenters. The van der Waals surface area contributed by atoms with Gasteiger partial charge in [0.1, 0.15) is 5.82 Å². The molecule has 0 bridgehead atoms. The number of halogens is 1. The molecule has 10 heteroatoms. The standard InChI is InChI=1S/C21H23FN6O3/c1-2-18-25-26-19(31-18)10-27-9-14-12-30-6-5-28(14)21-17(27)8-23-20(24-21)15-7-13(11-29)3-4-16(15)22/h3-4,7-8,14,29H,2,5-6,9-12H2,1H3/t14-/m1/s1. The van der Waals surface area contributed by atoms with Crippen molar-refractivity contribution in [3.63, 3.8) is 0 Å². The number of aryl methyl sites for hydroxylation is 1. The van der Waals surface area contributed by atoms with Crippen molar-refractivity contribution in [3.8, 4) is 11.4 Å². The van der Waals surface area contributed by atoms with Crippen molar-refractivity contribution in [2.75, 3.05) is 36.1 Å². The fourth-order valence-corrected chi connectivity index (χ4v) is 4.02. The Labute approximate surface area is 178 Å². The van der Waals surface area contributed by atoms with E-state index in [1.165, 1.54) is 6.07 Å². The third-order valence-electron chi connectivity index (χ3n) is 5.61. The molecule has 5 rings (SSSR count). The molecule has 2 aliphatic rings. The molecular formula is C21H23FN6O3. The molecule has 3 aromatic rings. The van der Waals surface area contributed by atoms with Crippen LogP contribution in [0, 0.1) is 5.82 Å². The van der Waals surface area contributed by atoms with Crippen LogP contribution >= 0.6 is 0 Å². The third kappa shape index (κ3) is 3.72. The molecule has 1 fully saturated rings. The van der Waals surface area contributed by atoms with Gasteiger partial charge in [0.2, 0.25) is 11.8 Å². The van der Waals surface area contributed by atoms with Crippen molar-refractivity contribution in [2.45, 2.75) is 32.5 Å². The second kappa shape index (κ2) is 8.20. The minimum atomic E-state index is -0.429. The average Bonchev–Trinajstić information content (AvgIpc) is 3.27. The zero-order valence-corrected chi connectivity index (χ0v) is 17.2. The molecular weight excluding hydrogens is 403 g/mol. The number of hydrogen-bond acceptors (Lipinski definition) is 9. The van der Waals surface area contributed by atoms with Crippen molar-refractivity contribution in [1.82, 2.24) is 20.2 Å². The van der Waals surface area contributed by atoms with Gasteiger partial charge >= 0.3 is 0 Å².